The number of anilines is 1. The van der Waals surface area contributed by atoms with E-state index in [0.717, 1.165) is 11.4 Å². The molecule has 0 fully saturated rings. The molecule has 1 heterocycles. The van der Waals surface area contributed by atoms with Crippen LogP contribution in [0.5, 0.6) is 5.75 Å². The first-order chi connectivity index (χ1) is 16.8. The molecule has 1 aromatic heterocycles. The van der Waals surface area contributed by atoms with Crippen molar-refractivity contribution in [3.63, 3.8) is 0 Å². The van der Waals surface area contributed by atoms with Crippen LogP contribution in [0.3, 0.4) is 0 Å². The quantitative estimate of drug-likeness (QED) is 0.175. The van der Waals surface area contributed by atoms with Crippen LogP contribution >= 0.6 is 23.5 Å². The zero-order chi connectivity index (χ0) is 25.4. The number of nitrogens with one attached hydrogen (secondary N) is 2. The highest BCUT2D eigenvalue weighted by Gasteiger charge is 2.15. The highest BCUT2D eigenvalue weighted by molar-refractivity contribution is 7.99. The third-order valence-corrected chi connectivity index (χ3v) is 5.87. The summed E-state index contributed by atoms with van der Waals surface area (Å²) in [6.07, 6.45) is 3.66. The fourth-order valence-corrected chi connectivity index (χ4v) is 3.99. The van der Waals surface area contributed by atoms with Crippen LogP contribution < -0.4 is 25.8 Å². The number of nitrogens with zero attached hydrogens (tertiary/aromatic N) is 2. The Morgan fingerprint density at radius 1 is 1.14 bits per heavy atom. The molecule has 6 N–H and O–H groups in total. The number of rotatable bonds is 11. The maximum Gasteiger partial charge on any atom is 0.255 e. The number of benzene rings is 2. The second-order valence-corrected chi connectivity index (χ2v) is 8.65. The minimum Gasteiger partial charge on any atom is -0.483 e. The van der Waals surface area contributed by atoms with Gasteiger partial charge in [0.05, 0.1) is 12.2 Å². The Labute approximate surface area is 212 Å². The Morgan fingerprint density at radius 3 is 2.60 bits per heavy atom. The fourth-order valence-electron chi connectivity index (χ4n) is 3.18. The molecule has 0 spiro atoms. The van der Waals surface area contributed by atoms with Gasteiger partial charge < -0.3 is 25.8 Å². The summed E-state index contributed by atoms with van der Waals surface area (Å²) in [5, 5.41) is 10.9. The lowest BCUT2D eigenvalue weighted by atomic mass is 10.1. The number of hydrogen-bond acceptors (Lipinski definition) is 7. The van der Waals surface area contributed by atoms with Gasteiger partial charge >= 0.3 is 0 Å². The maximum atomic E-state index is 13.0. The molecule has 0 saturated heterocycles. The van der Waals surface area contributed by atoms with Gasteiger partial charge in [-0.3, -0.25) is 20.0 Å². The number of ether oxygens (including phenoxy) is 1. The van der Waals surface area contributed by atoms with Crippen LogP contribution in [0.15, 0.2) is 60.8 Å². The number of aromatic nitrogens is 1. The van der Waals surface area contributed by atoms with E-state index in [2.05, 4.69) is 10.3 Å². The lowest BCUT2D eigenvalue weighted by molar-refractivity contribution is -0.119. The number of pyridine rings is 1. The molecule has 35 heavy (non-hydrogen) atoms. The fraction of sp³-hybridized carbons (Fsp3) is 0.167. The van der Waals surface area contributed by atoms with Crippen molar-refractivity contribution >= 4 is 46.9 Å². The molecule has 3 aromatic rings. The molecular formula is C24H25ClN6O3S. The van der Waals surface area contributed by atoms with Crippen molar-refractivity contribution in [1.29, 1.82) is 5.41 Å². The Hall–Kier alpha value is -3.76. The largest absolute Gasteiger partial charge is 0.483 e. The third kappa shape index (κ3) is 7.36. The number of primary amides is 1. The van der Waals surface area contributed by atoms with Gasteiger partial charge in [-0.05, 0) is 36.4 Å². The molecule has 0 unspecified atom stereocenters. The van der Waals surface area contributed by atoms with Crippen molar-refractivity contribution in [3.05, 3.63) is 88.2 Å². The van der Waals surface area contributed by atoms with Crippen molar-refractivity contribution < 1.29 is 14.3 Å². The summed E-state index contributed by atoms with van der Waals surface area (Å²) in [6, 6.07) is 15.6. The molecule has 0 bridgehead atoms. The monoisotopic (exact) mass is 512 g/mol. The van der Waals surface area contributed by atoms with E-state index >= 15 is 0 Å². The first kappa shape index (κ1) is 25.9. The van der Waals surface area contributed by atoms with Crippen molar-refractivity contribution in [1.82, 2.24) is 10.3 Å². The SMILES string of the molecule is CSN(Cc1ccccn1)c1cc(Cl)cc(C(=O)NCc2ccc(C(=N)N)cc2OCC(N)=O)c1. The van der Waals surface area contributed by atoms with Crippen molar-refractivity contribution in [2.45, 2.75) is 13.1 Å². The van der Waals surface area contributed by atoms with Crippen molar-refractivity contribution in [2.24, 2.45) is 11.5 Å². The molecular weight excluding hydrogens is 488 g/mol. The van der Waals surface area contributed by atoms with Gasteiger partial charge in [-0.25, -0.2) is 0 Å². The molecule has 0 atom stereocenters. The molecule has 182 valence electrons. The molecule has 2 amide bonds. The highest BCUT2D eigenvalue weighted by atomic mass is 35.5. The van der Waals surface area contributed by atoms with Crippen LogP contribution in [-0.2, 0) is 17.9 Å². The summed E-state index contributed by atoms with van der Waals surface area (Å²) >= 11 is 7.82. The minimum absolute atomic E-state index is 0.104. The number of carbonyl (C=O) groups is 2. The summed E-state index contributed by atoms with van der Waals surface area (Å²) in [5.41, 5.74) is 13.8. The van der Waals surface area contributed by atoms with E-state index in [-0.39, 0.29) is 24.9 Å². The van der Waals surface area contributed by atoms with E-state index in [0.29, 0.717) is 34.0 Å². The van der Waals surface area contributed by atoms with Crippen LogP contribution in [0, 0.1) is 5.41 Å². The summed E-state index contributed by atoms with van der Waals surface area (Å²) in [6.45, 7) is 0.292. The predicted molar refractivity (Wildman–Crippen MR) is 139 cm³/mol. The zero-order valence-corrected chi connectivity index (χ0v) is 20.5. The summed E-state index contributed by atoms with van der Waals surface area (Å²) in [4.78, 5) is 28.5. The van der Waals surface area contributed by atoms with Crippen molar-refractivity contribution in [3.8, 4) is 5.75 Å². The van der Waals surface area contributed by atoms with Gasteiger partial charge in [0.1, 0.15) is 11.6 Å². The average molecular weight is 513 g/mol. The number of halogens is 1. The molecule has 0 aliphatic carbocycles. The Morgan fingerprint density at radius 2 is 1.94 bits per heavy atom. The first-order valence-electron chi connectivity index (χ1n) is 10.5. The normalized spacial score (nSPS) is 10.5. The van der Waals surface area contributed by atoms with Crippen LogP contribution in [-0.4, -0.2) is 35.5 Å². The Balaban J connectivity index is 1.77. The first-order valence-corrected chi connectivity index (χ1v) is 12.0. The lowest BCUT2D eigenvalue weighted by Crippen LogP contribution is -2.25. The van der Waals surface area contributed by atoms with E-state index < -0.39 is 5.91 Å². The molecule has 0 saturated carbocycles. The standard InChI is InChI=1S/C24H25ClN6O3S/c1-35-31(13-19-4-2-3-7-29-19)20-9-17(8-18(25)11-20)24(33)30-12-16-6-5-15(23(27)28)10-21(16)34-14-22(26)32/h2-11H,12-14H2,1H3,(H2,26,32)(H3,27,28)(H,30,33). The highest BCUT2D eigenvalue weighted by Crippen LogP contribution is 2.28. The molecule has 0 aliphatic heterocycles. The molecule has 0 aliphatic rings. The summed E-state index contributed by atoms with van der Waals surface area (Å²) in [7, 11) is 0. The Bertz CT molecular complexity index is 1230. The number of amidine groups is 1. The number of hydrogen-bond donors (Lipinski definition) is 4. The van der Waals surface area contributed by atoms with Gasteiger partial charge in [0.2, 0.25) is 0 Å². The molecule has 2 aromatic carbocycles. The summed E-state index contributed by atoms with van der Waals surface area (Å²) < 4.78 is 7.44. The van der Waals surface area contributed by atoms with Gasteiger partial charge in [-0.15, -0.1) is 0 Å². The van der Waals surface area contributed by atoms with Gasteiger partial charge in [0.15, 0.2) is 6.61 Å². The zero-order valence-electron chi connectivity index (χ0n) is 19.0. The average Bonchev–Trinajstić information content (AvgIpc) is 2.84. The van der Waals surface area contributed by atoms with E-state index in [1.807, 2.05) is 28.8 Å². The van der Waals surface area contributed by atoms with Crippen LogP contribution in [0.2, 0.25) is 5.02 Å². The molecule has 3 rings (SSSR count). The molecule has 11 heteroatoms. The number of amides is 2. The Kier molecular flexibility index (Phi) is 8.93. The molecule has 9 nitrogen and oxygen atoms in total. The second kappa shape index (κ2) is 12.1. The number of nitrogen functional groups attached to an aromatic ring is 1. The van der Waals surface area contributed by atoms with Gasteiger partial charge in [-0.2, -0.15) is 0 Å². The van der Waals surface area contributed by atoms with E-state index in [4.69, 9.17) is 33.2 Å². The van der Waals surface area contributed by atoms with E-state index in [1.165, 1.54) is 18.0 Å². The van der Waals surface area contributed by atoms with E-state index in [1.54, 1.807) is 36.5 Å². The molecule has 0 radical (unpaired) electrons. The second-order valence-electron chi connectivity index (χ2n) is 7.41. The van der Waals surface area contributed by atoms with Crippen LogP contribution in [0.25, 0.3) is 0 Å². The number of carbonyl (C=O) groups excluding carboxylic acids is 2. The lowest BCUT2D eigenvalue weighted by Gasteiger charge is -2.22. The maximum absolute atomic E-state index is 13.0. The van der Waals surface area contributed by atoms with Gasteiger partial charge in [0.25, 0.3) is 11.8 Å². The number of nitrogens with two attached hydrogens (primary N) is 2. The topological polar surface area (TPSA) is 147 Å². The van der Waals surface area contributed by atoms with Gasteiger partial charge in [0, 0.05) is 46.4 Å². The van der Waals surface area contributed by atoms with Crippen LogP contribution in [0.1, 0.15) is 27.2 Å². The smallest absolute Gasteiger partial charge is 0.255 e. The van der Waals surface area contributed by atoms with Crippen molar-refractivity contribution in [2.75, 3.05) is 17.2 Å². The predicted octanol–water partition coefficient (Wildman–Crippen LogP) is 3.10. The third-order valence-electron chi connectivity index (χ3n) is 4.87. The minimum atomic E-state index is -0.649. The summed E-state index contributed by atoms with van der Waals surface area (Å²) in [5.74, 6) is -0.847. The van der Waals surface area contributed by atoms with Gasteiger partial charge in [-0.1, -0.05) is 41.7 Å². The van der Waals surface area contributed by atoms with Crippen LogP contribution in [0.4, 0.5) is 5.69 Å². The van der Waals surface area contributed by atoms with E-state index in [9.17, 15) is 9.59 Å².